The highest BCUT2D eigenvalue weighted by atomic mass is 16.5. The van der Waals surface area contributed by atoms with Crippen molar-refractivity contribution in [2.24, 2.45) is 5.73 Å². The molecule has 0 radical (unpaired) electrons. The van der Waals surface area contributed by atoms with Gasteiger partial charge in [-0.25, -0.2) is 0 Å². The van der Waals surface area contributed by atoms with Gasteiger partial charge in [0.25, 0.3) is 0 Å². The fourth-order valence-corrected chi connectivity index (χ4v) is 0.973. The van der Waals surface area contributed by atoms with E-state index in [-0.39, 0.29) is 0 Å². The summed E-state index contributed by atoms with van der Waals surface area (Å²) in [4.78, 5) is 10.7. The fraction of sp³-hybridized carbons (Fsp3) is 0.364. The predicted molar refractivity (Wildman–Crippen MR) is 57.6 cm³/mol. The van der Waals surface area contributed by atoms with Crippen molar-refractivity contribution in [2.45, 2.75) is 20.8 Å². The van der Waals surface area contributed by atoms with E-state index >= 15 is 0 Å². The molecular formula is C11H17NO2. The van der Waals surface area contributed by atoms with Crippen LogP contribution in [-0.4, -0.2) is 13.0 Å². The highest BCUT2D eigenvalue weighted by molar-refractivity contribution is 5.93. The highest BCUT2D eigenvalue weighted by Gasteiger charge is 2.03. The van der Waals surface area contributed by atoms with E-state index in [1.807, 2.05) is 20.8 Å². The van der Waals surface area contributed by atoms with Gasteiger partial charge in [0.2, 0.25) is 5.91 Å². The number of hydrogen-bond acceptors (Lipinski definition) is 2. The van der Waals surface area contributed by atoms with Crippen LogP contribution in [0.1, 0.15) is 29.8 Å². The normalized spacial score (nSPS) is 8.57. The molecule has 0 aliphatic rings. The Balaban J connectivity index is 0.000000791. The van der Waals surface area contributed by atoms with Crippen molar-refractivity contribution in [1.82, 2.24) is 0 Å². The Kier molecular flexibility index (Phi) is 5.37. The van der Waals surface area contributed by atoms with Crippen LogP contribution in [0.5, 0.6) is 5.75 Å². The van der Waals surface area contributed by atoms with E-state index in [1.165, 1.54) is 0 Å². The Morgan fingerprint density at radius 1 is 1.36 bits per heavy atom. The van der Waals surface area contributed by atoms with Crippen LogP contribution in [0.3, 0.4) is 0 Å². The third-order valence-corrected chi connectivity index (χ3v) is 1.69. The number of methoxy groups -OCH3 is 1. The number of primary amides is 1. The number of carbonyl (C=O) groups is 1. The number of ether oxygens (including phenoxy) is 1. The van der Waals surface area contributed by atoms with Crippen molar-refractivity contribution in [2.75, 3.05) is 7.11 Å². The summed E-state index contributed by atoms with van der Waals surface area (Å²) in [6.07, 6.45) is 0. The monoisotopic (exact) mass is 195 g/mol. The molecule has 0 aromatic heterocycles. The van der Waals surface area contributed by atoms with Crippen LogP contribution in [0.15, 0.2) is 18.2 Å². The third kappa shape index (κ3) is 3.09. The summed E-state index contributed by atoms with van der Waals surface area (Å²) >= 11 is 0. The zero-order chi connectivity index (χ0) is 11.1. The molecule has 0 heterocycles. The summed E-state index contributed by atoms with van der Waals surface area (Å²) < 4.78 is 5.03. The van der Waals surface area contributed by atoms with Crippen molar-refractivity contribution in [3.05, 3.63) is 29.3 Å². The lowest BCUT2D eigenvalue weighted by Gasteiger charge is -2.04. The standard InChI is InChI=1S/C9H11NO2.C2H6/c1-6-3-4-7(9(10)11)5-8(6)12-2;1-2/h3-5H,1-2H3,(H2,10,11);1-2H3. The second-order valence-electron chi connectivity index (χ2n) is 2.55. The molecule has 0 aliphatic carbocycles. The zero-order valence-corrected chi connectivity index (χ0v) is 9.13. The van der Waals surface area contributed by atoms with Gasteiger partial charge in [-0.05, 0) is 24.6 Å². The molecule has 3 nitrogen and oxygen atoms in total. The highest BCUT2D eigenvalue weighted by Crippen LogP contribution is 2.18. The molecule has 0 atom stereocenters. The minimum absolute atomic E-state index is 0.437. The molecule has 0 spiro atoms. The Morgan fingerprint density at radius 3 is 2.36 bits per heavy atom. The largest absolute Gasteiger partial charge is 0.496 e. The van der Waals surface area contributed by atoms with Crippen molar-refractivity contribution in [3.8, 4) is 5.75 Å². The molecule has 14 heavy (non-hydrogen) atoms. The van der Waals surface area contributed by atoms with Gasteiger partial charge in [-0.3, -0.25) is 4.79 Å². The summed E-state index contributed by atoms with van der Waals surface area (Å²) in [5.41, 5.74) is 6.55. The topological polar surface area (TPSA) is 52.3 Å². The van der Waals surface area contributed by atoms with Gasteiger partial charge in [0.05, 0.1) is 7.11 Å². The molecule has 0 fully saturated rings. The van der Waals surface area contributed by atoms with Crippen molar-refractivity contribution in [1.29, 1.82) is 0 Å². The first-order valence-corrected chi connectivity index (χ1v) is 4.59. The van der Waals surface area contributed by atoms with Gasteiger partial charge >= 0.3 is 0 Å². The maximum atomic E-state index is 10.7. The lowest BCUT2D eigenvalue weighted by Crippen LogP contribution is -2.10. The van der Waals surface area contributed by atoms with Gasteiger partial charge in [0.15, 0.2) is 0 Å². The zero-order valence-electron chi connectivity index (χ0n) is 9.13. The number of carbonyl (C=O) groups excluding carboxylic acids is 1. The van der Waals surface area contributed by atoms with E-state index < -0.39 is 5.91 Å². The lowest BCUT2D eigenvalue weighted by molar-refractivity contribution is 0.1000. The SMILES string of the molecule is CC.COc1cc(C(N)=O)ccc1C. The molecule has 78 valence electrons. The van der Waals surface area contributed by atoms with E-state index in [1.54, 1.807) is 25.3 Å². The van der Waals surface area contributed by atoms with Crippen LogP contribution in [0, 0.1) is 6.92 Å². The Morgan fingerprint density at radius 2 is 1.93 bits per heavy atom. The van der Waals surface area contributed by atoms with E-state index in [0.717, 1.165) is 5.56 Å². The van der Waals surface area contributed by atoms with E-state index in [0.29, 0.717) is 11.3 Å². The average Bonchev–Trinajstić information content (AvgIpc) is 2.21. The summed E-state index contributed by atoms with van der Waals surface area (Å²) in [5, 5.41) is 0. The Bertz CT molecular complexity index is 308. The van der Waals surface area contributed by atoms with Gasteiger partial charge in [0.1, 0.15) is 5.75 Å². The summed E-state index contributed by atoms with van der Waals surface area (Å²) in [5.74, 6) is 0.250. The smallest absolute Gasteiger partial charge is 0.248 e. The van der Waals surface area contributed by atoms with Crippen LogP contribution in [-0.2, 0) is 0 Å². The first-order valence-electron chi connectivity index (χ1n) is 4.59. The maximum Gasteiger partial charge on any atom is 0.248 e. The van der Waals surface area contributed by atoms with Gasteiger partial charge < -0.3 is 10.5 Å². The molecule has 1 amide bonds. The predicted octanol–water partition coefficient (Wildman–Crippen LogP) is 2.13. The number of benzene rings is 1. The molecular weight excluding hydrogens is 178 g/mol. The number of aryl methyl sites for hydroxylation is 1. The summed E-state index contributed by atoms with van der Waals surface area (Å²) in [7, 11) is 1.56. The minimum Gasteiger partial charge on any atom is -0.496 e. The van der Waals surface area contributed by atoms with Crippen LogP contribution in [0.2, 0.25) is 0 Å². The molecule has 1 rings (SSSR count). The molecule has 0 aliphatic heterocycles. The second kappa shape index (κ2) is 6.02. The molecule has 1 aromatic carbocycles. The van der Waals surface area contributed by atoms with Crippen molar-refractivity contribution >= 4 is 5.91 Å². The van der Waals surface area contributed by atoms with E-state index in [2.05, 4.69) is 0 Å². The van der Waals surface area contributed by atoms with Crippen molar-refractivity contribution < 1.29 is 9.53 Å². The average molecular weight is 195 g/mol. The van der Waals surface area contributed by atoms with Gasteiger partial charge in [-0.15, -0.1) is 0 Å². The van der Waals surface area contributed by atoms with Gasteiger partial charge in [-0.2, -0.15) is 0 Å². The molecule has 0 saturated carbocycles. The first-order chi connectivity index (χ1) is 6.65. The fourth-order valence-electron chi connectivity index (χ4n) is 0.973. The number of amides is 1. The van der Waals surface area contributed by atoms with Gasteiger partial charge in [0, 0.05) is 5.56 Å². The minimum atomic E-state index is -0.437. The Labute approximate surface area is 84.9 Å². The van der Waals surface area contributed by atoms with Crippen LogP contribution >= 0.6 is 0 Å². The van der Waals surface area contributed by atoms with E-state index in [9.17, 15) is 4.79 Å². The van der Waals surface area contributed by atoms with Crippen molar-refractivity contribution in [3.63, 3.8) is 0 Å². The molecule has 0 unspecified atom stereocenters. The maximum absolute atomic E-state index is 10.7. The molecule has 0 saturated heterocycles. The summed E-state index contributed by atoms with van der Waals surface area (Å²) in [6, 6.07) is 5.12. The lowest BCUT2D eigenvalue weighted by atomic mass is 10.1. The molecule has 1 aromatic rings. The van der Waals surface area contributed by atoms with Crippen LogP contribution in [0.25, 0.3) is 0 Å². The first kappa shape index (κ1) is 12.5. The number of hydrogen-bond donors (Lipinski definition) is 1. The number of nitrogens with two attached hydrogens (primary N) is 1. The van der Waals surface area contributed by atoms with Crippen LogP contribution in [0.4, 0.5) is 0 Å². The number of rotatable bonds is 2. The summed E-state index contributed by atoms with van der Waals surface area (Å²) in [6.45, 7) is 5.91. The quantitative estimate of drug-likeness (QED) is 0.785. The molecule has 0 bridgehead atoms. The van der Waals surface area contributed by atoms with E-state index in [4.69, 9.17) is 10.5 Å². The Hall–Kier alpha value is -1.51. The second-order valence-corrected chi connectivity index (χ2v) is 2.55. The molecule has 2 N–H and O–H groups in total. The third-order valence-electron chi connectivity index (χ3n) is 1.69. The van der Waals surface area contributed by atoms with Crippen LogP contribution < -0.4 is 10.5 Å². The molecule has 3 heteroatoms. The van der Waals surface area contributed by atoms with Gasteiger partial charge in [-0.1, -0.05) is 19.9 Å².